The molecule has 2 amide bonds. The predicted octanol–water partition coefficient (Wildman–Crippen LogP) is 2.29. The van der Waals surface area contributed by atoms with Gasteiger partial charge in [0.15, 0.2) is 11.5 Å². The maximum atomic E-state index is 12.2. The Hall–Kier alpha value is -2.96. The average Bonchev–Trinajstić information content (AvgIpc) is 3.13. The van der Waals surface area contributed by atoms with E-state index >= 15 is 0 Å². The molecule has 2 aliphatic rings. The van der Waals surface area contributed by atoms with Crippen LogP contribution in [0.2, 0.25) is 0 Å². The van der Waals surface area contributed by atoms with Gasteiger partial charge >= 0.3 is 6.09 Å². The Morgan fingerprint density at radius 1 is 1.08 bits per heavy atom. The molecule has 7 nitrogen and oxygen atoms in total. The SMILES string of the molecule is CCOC(=O)N1CCN(C(=O)/C=C/C=C/c2ccc3c(c2)OCO3)CC1. The van der Waals surface area contributed by atoms with Crippen LogP contribution in [0.15, 0.2) is 36.4 Å². The number of hydrogen-bond acceptors (Lipinski definition) is 5. The Morgan fingerprint density at radius 3 is 2.58 bits per heavy atom. The molecular weight excluding hydrogens is 336 g/mol. The molecule has 0 saturated carbocycles. The minimum Gasteiger partial charge on any atom is -0.454 e. The van der Waals surface area contributed by atoms with Crippen LogP contribution in [0, 0.1) is 0 Å². The van der Waals surface area contributed by atoms with Crippen molar-refractivity contribution in [2.45, 2.75) is 6.92 Å². The van der Waals surface area contributed by atoms with E-state index in [4.69, 9.17) is 14.2 Å². The normalized spacial score (nSPS) is 16.5. The Kier molecular flexibility index (Phi) is 5.78. The van der Waals surface area contributed by atoms with Crippen LogP contribution in [-0.4, -0.2) is 61.4 Å². The minimum absolute atomic E-state index is 0.0659. The molecule has 2 aliphatic heterocycles. The van der Waals surface area contributed by atoms with E-state index in [1.807, 2.05) is 30.4 Å². The summed E-state index contributed by atoms with van der Waals surface area (Å²) in [6, 6.07) is 5.68. The van der Waals surface area contributed by atoms with Gasteiger partial charge in [0.05, 0.1) is 6.61 Å². The van der Waals surface area contributed by atoms with Crippen molar-refractivity contribution in [1.82, 2.24) is 9.80 Å². The minimum atomic E-state index is -0.318. The molecular formula is C19H22N2O5. The number of hydrogen-bond donors (Lipinski definition) is 0. The molecule has 2 heterocycles. The molecule has 0 atom stereocenters. The molecule has 0 N–H and O–H groups in total. The molecule has 0 unspecified atom stereocenters. The van der Waals surface area contributed by atoms with Crippen molar-refractivity contribution in [2.24, 2.45) is 0 Å². The van der Waals surface area contributed by atoms with Gasteiger partial charge in [-0.05, 0) is 24.6 Å². The molecule has 3 rings (SSSR count). The summed E-state index contributed by atoms with van der Waals surface area (Å²) in [5.74, 6) is 1.41. The Morgan fingerprint density at radius 2 is 1.81 bits per heavy atom. The van der Waals surface area contributed by atoms with Crippen LogP contribution in [0.3, 0.4) is 0 Å². The fourth-order valence-electron chi connectivity index (χ4n) is 2.75. The van der Waals surface area contributed by atoms with Crippen LogP contribution in [0.4, 0.5) is 4.79 Å². The number of piperazine rings is 1. The third-order valence-corrected chi connectivity index (χ3v) is 4.15. The number of carbonyl (C=O) groups is 2. The lowest BCUT2D eigenvalue weighted by atomic mass is 10.2. The number of amides is 2. The first-order valence-corrected chi connectivity index (χ1v) is 8.62. The lowest BCUT2D eigenvalue weighted by molar-refractivity contribution is -0.127. The lowest BCUT2D eigenvalue weighted by Gasteiger charge is -2.33. The third-order valence-electron chi connectivity index (χ3n) is 4.15. The number of benzene rings is 1. The van der Waals surface area contributed by atoms with E-state index in [-0.39, 0.29) is 18.8 Å². The van der Waals surface area contributed by atoms with Crippen molar-refractivity contribution in [1.29, 1.82) is 0 Å². The van der Waals surface area contributed by atoms with E-state index in [2.05, 4.69) is 0 Å². The molecule has 1 aromatic rings. The lowest BCUT2D eigenvalue weighted by Crippen LogP contribution is -2.50. The Labute approximate surface area is 152 Å². The van der Waals surface area contributed by atoms with E-state index in [1.54, 1.807) is 22.8 Å². The molecule has 1 aromatic carbocycles. The summed E-state index contributed by atoms with van der Waals surface area (Å²) in [5.41, 5.74) is 0.967. The van der Waals surface area contributed by atoms with Gasteiger partial charge in [-0.1, -0.05) is 24.3 Å². The molecule has 0 aromatic heterocycles. The van der Waals surface area contributed by atoms with E-state index in [0.717, 1.165) is 17.1 Å². The van der Waals surface area contributed by atoms with Gasteiger partial charge in [-0.3, -0.25) is 4.79 Å². The van der Waals surface area contributed by atoms with Crippen LogP contribution in [0.5, 0.6) is 11.5 Å². The Bertz CT molecular complexity index is 721. The summed E-state index contributed by atoms with van der Waals surface area (Å²) >= 11 is 0. The van der Waals surface area contributed by atoms with Crippen molar-refractivity contribution < 1.29 is 23.8 Å². The van der Waals surface area contributed by atoms with Crippen LogP contribution in [-0.2, 0) is 9.53 Å². The fraction of sp³-hybridized carbons (Fsp3) is 0.368. The second-order valence-electron chi connectivity index (χ2n) is 5.84. The second kappa shape index (κ2) is 8.42. The zero-order valence-corrected chi connectivity index (χ0v) is 14.7. The van der Waals surface area contributed by atoms with Crippen molar-refractivity contribution in [3.63, 3.8) is 0 Å². The van der Waals surface area contributed by atoms with Gasteiger partial charge in [0.2, 0.25) is 12.7 Å². The number of nitrogens with zero attached hydrogens (tertiary/aromatic N) is 2. The molecule has 1 fully saturated rings. The van der Waals surface area contributed by atoms with Crippen molar-refractivity contribution in [3.8, 4) is 11.5 Å². The topological polar surface area (TPSA) is 68.3 Å². The van der Waals surface area contributed by atoms with Gasteiger partial charge < -0.3 is 24.0 Å². The largest absolute Gasteiger partial charge is 0.454 e. The maximum Gasteiger partial charge on any atom is 0.409 e. The predicted molar refractivity (Wildman–Crippen MR) is 95.9 cm³/mol. The molecule has 0 aliphatic carbocycles. The van der Waals surface area contributed by atoms with Gasteiger partial charge in [-0.25, -0.2) is 4.79 Å². The van der Waals surface area contributed by atoms with Crippen molar-refractivity contribution in [3.05, 3.63) is 42.0 Å². The van der Waals surface area contributed by atoms with Crippen LogP contribution in [0.1, 0.15) is 12.5 Å². The molecule has 0 radical (unpaired) electrons. The highest BCUT2D eigenvalue weighted by Gasteiger charge is 2.23. The smallest absolute Gasteiger partial charge is 0.409 e. The quantitative estimate of drug-likeness (QED) is 0.610. The average molecular weight is 358 g/mol. The Balaban J connectivity index is 1.47. The zero-order chi connectivity index (χ0) is 18.4. The summed E-state index contributed by atoms with van der Waals surface area (Å²) in [4.78, 5) is 27.2. The van der Waals surface area contributed by atoms with E-state index in [1.165, 1.54) is 6.08 Å². The number of rotatable bonds is 4. The van der Waals surface area contributed by atoms with Crippen LogP contribution >= 0.6 is 0 Å². The molecule has 0 bridgehead atoms. The van der Waals surface area contributed by atoms with Gasteiger partial charge in [0, 0.05) is 32.3 Å². The van der Waals surface area contributed by atoms with E-state index in [0.29, 0.717) is 32.8 Å². The third kappa shape index (κ3) is 4.36. The number of carbonyl (C=O) groups excluding carboxylic acids is 2. The summed E-state index contributed by atoms with van der Waals surface area (Å²) in [6.07, 6.45) is 6.63. The van der Waals surface area contributed by atoms with Gasteiger partial charge in [0.25, 0.3) is 0 Å². The summed E-state index contributed by atoms with van der Waals surface area (Å²) in [6.45, 7) is 4.38. The fourth-order valence-corrected chi connectivity index (χ4v) is 2.75. The van der Waals surface area contributed by atoms with Gasteiger partial charge in [0.1, 0.15) is 0 Å². The molecule has 7 heteroatoms. The van der Waals surface area contributed by atoms with Gasteiger partial charge in [-0.15, -0.1) is 0 Å². The molecule has 26 heavy (non-hydrogen) atoms. The first-order valence-electron chi connectivity index (χ1n) is 8.62. The highest BCUT2D eigenvalue weighted by Crippen LogP contribution is 2.32. The number of allylic oxidation sites excluding steroid dienone is 2. The number of fused-ring (bicyclic) bond motifs is 1. The van der Waals surface area contributed by atoms with Crippen molar-refractivity contribution >= 4 is 18.1 Å². The van der Waals surface area contributed by atoms with Gasteiger partial charge in [-0.2, -0.15) is 0 Å². The number of ether oxygens (including phenoxy) is 3. The standard InChI is InChI=1S/C19H22N2O5/c1-2-24-19(23)21-11-9-20(10-12-21)18(22)6-4-3-5-15-7-8-16-17(13-15)26-14-25-16/h3-8,13H,2,9-12,14H2,1H3/b5-3+,6-4+. The first kappa shape index (κ1) is 17.8. The van der Waals surface area contributed by atoms with Crippen LogP contribution < -0.4 is 9.47 Å². The zero-order valence-electron chi connectivity index (χ0n) is 14.7. The summed E-state index contributed by atoms with van der Waals surface area (Å²) in [5, 5.41) is 0. The molecule has 138 valence electrons. The van der Waals surface area contributed by atoms with E-state index in [9.17, 15) is 9.59 Å². The molecule has 1 saturated heterocycles. The maximum absolute atomic E-state index is 12.2. The van der Waals surface area contributed by atoms with Crippen molar-refractivity contribution in [2.75, 3.05) is 39.6 Å². The highest BCUT2D eigenvalue weighted by atomic mass is 16.7. The summed E-state index contributed by atoms with van der Waals surface area (Å²) < 4.78 is 15.6. The first-order chi connectivity index (χ1) is 12.7. The summed E-state index contributed by atoms with van der Waals surface area (Å²) in [7, 11) is 0. The van der Waals surface area contributed by atoms with Crippen LogP contribution in [0.25, 0.3) is 6.08 Å². The second-order valence-corrected chi connectivity index (χ2v) is 5.84. The van der Waals surface area contributed by atoms with E-state index < -0.39 is 0 Å². The highest BCUT2D eigenvalue weighted by molar-refractivity contribution is 5.88. The molecule has 0 spiro atoms. The monoisotopic (exact) mass is 358 g/mol.